The monoisotopic (exact) mass is 321 g/mol. The maximum atomic E-state index is 5.80. The van der Waals surface area contributed by atoms with Gasteiger partial charge < -0.3 is 9.64 Å². The number of ether oxygens (including phenoxy) is 1. The first kappa shape index (κ1) is 13.9. The fraction of sp³-hybridized carbons (Fsp3) is 0.389. The third kappa shape index (κ3) is 2.17. The summed E-state index contributed by atoms with van der Waals surface area (Å²) in [6.45, 7) is 2.63. The van der Waals surface area contributed by atoms with Gasteiger partial charge in [-0.2, -0.15) is 4.52 Å². The van der Waals surface area contributed by atoms with Crippen molar-refractivity contribution < 1.29 is 4.74 Å². The Bertz CT molecular complexity index is 849. The Morgan fingerprint density at radius 1 is 1.08 bits per heavy atom. The quantitative estimate of drug-likeness (QED) is 0.724. The van der Waals surface area contributed by atoms with Gasteiger partial charge in [-0.1, -0.05) is 30.3 Å². The summed E-state index contributed by atoms with van der Waals surface area (Å²) < 4.78 is 7.55. The SMILES string of the molecule is c1ccc(C2CN(c3ccc4nncn4n3)C3CCOCC23)cc1. The van der Waals surface area contributed by atoms with Gasteiger partial charge in [-0.15, -0.1) is 15.3 Å². The molecule has 0 spiro atoms. The molecule has 0 amide bonds. The molecule has 0 bridgehead atoms. The molecular formula is C18H19N5O. The first-order chi connectivity index (χ1) is 11.9. The minimum absolute atomic E-state index is 0.477. The van der Waals surface area contributed by atoms with E-state index in [0.717, 1.165) is 37.6 Å². The van der Waals surface area contributed by atoms with Crippen molar-refractivity contribution in [2.75, 3.05) is 24.7 Å². The molecule has 3 aromatic rings. The molecule has 122 valence electrons. The first-order valence-electron chi connectivity index (χ1n) is 8.46. The topological polar surface area (TPSA) is 55.6 Å². The van der Waals surface area contributed by atoms with Crippen molar-refractivity contribution in [1.82, 2.24) is 19.8 Å². The van der Waals surface area contributed by atoms with E-state index in [0.29, 0.717) is 17.9 Å². The van der Waals surface area contributed by atoms with E-state index in [1.54, 1.807) is 10.8 Å². The molecule has 0 aliphatic carbocycles. The molecule has 3 unspecified atom stereocenters. The molecule has 6 heteroatoms. The Labute approximate surface area is 140 Å². The summed E-state index contributed by atoms with van der Waals surface area (Å²) in [4.78, 5) is 2.45. The van der Waals surface area contributed by atoms with Crippen LogP contribution in [0.25, 0.3) is 5.65 Å². The van der Waals surface area contributed by atoms with Gasteiger partial charge in [-0.25, -0.2) is 0 Å². The smallest absolute Gasteiger partial charge is 0.177 e. The van der Waals surface area contributed by atoms with E-state index in [1.165, 1.54) is 5.56 Å². The average Bonchev–Trinajstić information content (AvgIpc) is 3.26. The van der Waals surface area contributed by atoms with Crippen LogP contribution in [0.4, 0.5) is 5.82 Å². The van der Waals surface area contributed by atoms with Crippen LogP contribution < -0.4 is 4.90 Å². The van der Waals surface area contributed by atoms with E-state index in [9.17, 15) is 0 Å². The van der Waals surface area contributed by atoms with Crippen molar-refractivity contribution in [3.05, 3.63) is 54.4 Å². The molecule has 2 fully saturated rings. The van der Waals surface area contributed by atoms with E-state index >= 15 is 0 Å². The van der Waals surface area contributed by atoms with Gasteiger partial charge in [0.25, 0.3) is 0 Å². The van der Waals surface area contributed by atoms with Crippen LogP contribution in [0.5, 0.6) is 0 Å². The highest BCUT2D eigenvalue weighted by molar-refractivity contribution is 5.48. The van der Waals surface area contributed by atoms with E-state index in [-0.39, 0.29) is 0 Å². The van der Waals surface area contributed by atoms with Crippen LogP contribution in [0.1, 0.15) is 17.9 Å². The molecule has 2 aliphatic rings. The first-order valence-corrected chi connectivity index (χ1v) is 8.46. The summed E-state index contributed by atoms with van der Waals surface area (Å²) in [7, 11) is 0. The number of anilines is 1. The fourth-order valence-corrected chi connectivity index (χ4v) is 4.19. The van der Waals surface area contributed by atoms with Crippen LogP contribution in [-0.2, 0) is 4.74 Å². The lowest BCUT2D eigenvalue weighted by Gasteiger charge is -2.32. The van der Waals surface area contributed by atoms with Crippen molar-refractivity contribution in [1.29, 1.82) is 0 Å². The van der Waals surface area contributed by atoms with E-state index in [1.807, 2.05) is 6.07 Å². The molecule has 5 rings (SSSR count). The molecular weight excluding hydrogens is 302 g/mol. The number of aromatic nitrogens is 4. The minimum Gasteiger partial charge on any atom is -0.381 e. The van der Waals surface area contributed by atoms with Gasteiger partial charge in [0.05, 0.1) is 6.61 Å². The molecule has 1 aromatic carbocycles. The second-order valence-electron chi connectivity index (χ2n) is 6.59. The Hall–Kier alpha value is -2.47. The zero-order chi connectivity index (χ0) is 15.9. The molecule has 0 N–H and O–H groups in total. The Kier molecular flexibility index (Phi) is 3.23. The molecule has 0 radical (unpaired) electrons. The molecule has 2 aromatic heterocycles. The highest BCUT2D eigenvalue weighted by Crippen LogP contribution is 2.42. The van der Waals surface area contributed by atoms with Crippen LogP contribution in [0.3, 0.4) is 0 Å². The summed E-state index contributed by atoms with van der Waals surface area (Å²) >= 11 is 0. The van der Waals surface area contributed by atoms with Gasteiger partial charge in [0.15, 0.2) is 5.65 Å². The lowest BCUT2D eigenvalue weighted by Crippen LogP contribution is -2.39. The second-order valence-corrected chi connectivity index (χ2v) is 6.59. The Morgan fingerprint density at radius 2 is 2.00 bits per heavy atom. The minimum atomic E-state index is 0.477. The van der Waals surface area contributed by atoms with Crippen molar-refractivity contribution in [2.24, 2.45) is 5.92 Å². The highest BCUT2D eigenvalue weighted by Gasteiger charge is 2.44. The van der Waals surface area contributed by atoms with Crippen molar-refractivity contribution in [2.45, 2.75) is 18.4 Å². The molecule has 3 atom stereocenters. The van der Waals surface area contributed by atoms with E-state index in [4.69, 9.17) is 9.84 Å². The van der Waals surface area contributed by atoms with Crippen molar-refractivity contribution in [3.8, 4) is 0 Å². The van der Waals surface area contributed by atoms with Gasteiger partial charge in [0, 0.05) is 31.0 Å². The molecule has 4 heterocycles. The lowest BCUT2D eigenvalue weighted by molar-refractivity contribution is 0.0461. The lowest BCUT2D eigenvalue weighted by atomic mass is 9.84. The number of fused-ring (bicyclic) bond motifs is 2. The average molecular weight is 321 g/mol. The molecule has 24 heavy (non-hydrogen) atoms. The standard InChI is InChI=1S/C18H19N5O/c1-2-4-13(5-3-1)14-10-22(16-8-9-24-11-15(14)16)18-7-6-17-20-19-12-23(17)21-18/h1-7,12,14-16H,8-11H2. The Morgan fingerprint density at radius 3 is 2.92 bits per heavy atom. The summed E-state index contributed by atoms with van der Waals surface area (Å²) in [5.74, 6) is 1.99. The Balaban J connectivity index is 1.53. The molecule has 2 aliphatic heterocycles. The number of hydrogen-bond donors (Lipinski definition) is 0. The largest absolute Gasteiger partial charge is 0.381 e. The number of benzene rings is 1. The molecule has 2 saturated heterocycles. The number of rotatable bonds is 2. The van der Waals surface area contributed by atoms with E-state index in [2.05, 4.69) is 51.5 Å². The van der Waals surface area contributed by atoms with Crippen LogP contribution in [0, 0.1) is 5.92 Å². The summed E-state index contributed by atoms with van der Waals surface area (Å²) in [6, 6.07) is 15.3. The van der Waals surface area contributed by atoms with Crippen molar-refractivity contribution in [3.63, 3.8) is 0 Å². The normalized spacial score (nSPS) is 26.7. The maximum absolute atomic E-state index is 5.80. The third-order valence-corrected chi connectivity index (χ3v) is 5.34. The predicted octanol–water partition coefficient (Wildman–Crippen LogP) is 2.13. The van der Waals surface area contributed by atoms with Crippen molar-refractivity contribution >= 4 is 11.5 Å². The van der Waals surface area contributed by atoms with Gasteiger partial charge >= 0.3 is 0 Å². The second kappa shape index (κ2) is 5.56. The third-order valence-electron chi connectivity index (χ3n) is 5.34. The number of hydrogen-bond acceptors (Lipinski definition) is 5. The molecule has 0 saturated carbocycles. The van der Waals surface area contributed by atoms with Crippen LogP contribution in [0.2, 0.25) is 0 Å². The number of nitrogens with zero attached hydrogens (tertiary/aromatic N) is 5. The molecule has 6 nitrogen and oxygen atoms in total. The summed E-state index contributed by atoms with van der Waals surface area (Å²) in [6.07, 6.45) is 2.71. The summed E-state index contributed by atoms with van der Waals surface area (Å²) in [5, 5.41) is 12.7. The zero-order valence-electron chi connectivity index (χ0n) is 13.3. The van der Waals surface area contributed by atoms with Crippen LogP contribution in [0.15, 0.2) is 48.8 Å². The van der Waals surface area contributed by atoms with Crippen LogP contribution in [-0.4, -0.2) is 45.6 Å². The fourth-order valence-electron chi connectivity index (χ4n) is 4.19. The predicted molar refractivity (Wildman–Crippen MR) is 90.0 cm³/mol. The maximum Gasteiger partial charge on any atom is 0.177 e. The van der Waals surface area contributed by atoms with Gasteiger partial charge in [0.1, 0.15) is 12.1 Å². The highest BCUT2D eigenvalue weighted by atomic mass is 16.5. The van der Waals surface area contributed by atoms with Gasteiger partial charge in [0.2, 0.25) is 0 Å². The van der Waals surface area contributed by atoms with Gasteiger partial charge in [-0.3, -0.25) is 0 Å². The van der Waals surface area contributed by atoms with E-state index < -0.39 is 0 Å². The zero-order valence-corrected chi connectivity index (χ0v) is 13.3. The summed E-state index contributed by atoms with van der Waals surface area (Å²) in [5.41, 5.74) is 2.17. The van der Waals surface area contributed by atoms with Crippen LogP contribution >= 0.6 is 0 Å². The van der Waals surface area contributed by atoms with Gasteiger partial charge in [-0.05, 0) is 24.1 Å².